The van der Waals surface area contributed by atoms with Gasteiger partial charge in [0.25, 0.3) is 15.8 Å². The van der Waals surface area contributed by atoms with Crippen LogP contribution < -0.4 is 0 Å². The highest BCUT2D eigenvalue weighted by Gasteiger charge is 2.33. The number of nitro benzene ring substituents is 1. The van der Waals surface area contributed by atoms with Crippen LogP contribution in [0.1, 0.15) is 76.0 Å². The van der Waals surface area contributed by atoms with Gasteiger partial charge in [-0.25, -0.2) is 0 Å². The summed E-state index contributed by atoms with van der Waals surface area (Å²) in [6, 6.07) is 1.25. The molecule has 0 aliphatic heterocycles. The van der Waals surface area contributed by atoms with Crippen molar-refractivity contribution in [3.05, 3.63) is 32.9 Å². The Morgan fingerprint density at radius 2 is 1.45 bits per heavy atom. The fourth-order valence-corrected chi connectivity index (χ4v) is 3.64. The first-order valence-electron chi connectivity index (χ1n) is 7.22. The Morgan fingerprint density at radius 1 is 1.00 bits per heavy atom. The maximum absolute atomic E-state index is 11.8. The van der Waals surface area contributed by atoms with Crippen LogP contribution in [0, 0.1) is 10.1 Å². The van der Waals surface area contributed by atoms with Gasteiger partial charge >= 0.3 is 0 Å². The van der Waals surface area contributed by atoms with Crippen LogP contribution in [0.25, 0.3) is 0 Å². The van der Waals surface area contributed by atoms with Crippen molar-refractivity contribution in [3.63, 3.8) is 0 Å². The molecule has 7 heteroatoms. The van der Waals surface area contributed by atoms with Crippen LogP contribution in [0.2, 0.25) is 0 Å². The molecule has 0 bridgehead atoms. The zero-order valence-electron chi connectivity index (χ0n) is 13.7. The minimum atomic E-state index is -4.46. The standard InChI is InChI=1S/C15H23NO5S/c1-8(2)11-7-12(22(19,20)21)13(9(3)4)14(10(5)6)15(11)16(17)18/h7-10H,1-6H3,(H,19,20,21). The van der Waals surface area contributed by atoms with Crippen molar-refractivity contribution in [2.45, 2.75) is 64.2 Å². The predicted molar refractivity (Wildman–Crippen MR) is 85.2 cm³/mol. The molecule has 22 heavy (non-hydrogen) atoms. The Bertz CT molecular complexity index is 690. The van der Waals surface area contributed by atoms with Crippen molar-refractivity contribution in [2.75, 3.05) is 0 Å². The highest BCUT2D eigenvalue weighted by Crippen LogP contribution is 2.42. The first kappa shape index (κ1) is 18.6. The molecule has 0 aromatic heterocycles. The number of rotatable bonds is 5. The third-order valence-corrected chi connectivity index (χ3v) is 4.50. The zero-order valence-corrected chi connectivity index (χ0v) is 14.6. The summed E-state index contributed by atoms with van der Waals surface area (Å²) >= 11 is 0. The molecule has 1 aromatic carbocycles. The van der Waals surface area contributed by atoms with E-state index in [-0.39, 0.29) is 28.3 Å². The second kappa shape index (κ2) is 6.34. The van der Waals surface area contributed by atoms with E-state index in [9.17, 15) is 23.1 Å². The summed E-state index contributed by atoms with van der Waals surface area (Å²) < 4.78 is 33.1. The second-order valence-electron chi connectivity index (χ2n) is 6.34. The molecule has 0 heterocycles. The summed E-state index contributed by atoms with van der Waals surface area (Å²) in [6.45, 7) is 10.6. The molecular formula is C15H23NO5S. The quantitative estimate of drug-likeness (QED) is 0.495. The fourth-order valence-electron chi connectivity index (χ4n) is 2.74. The Labute approximate surface area is 131 Å². The lowest BCUT2D eigenvalue weighted by Gasteiger charge is -2.22. The molecule has 1 N–H and O–H groups in total. The van der Waals surface area contributed by atoms with Crippen LogP contribution in [0.4, 0.5) is 5.69 Å². The molecule has 1 aromatic rings. The SMILES string of the molecule is CC(C)c1cc(S(=O)(=O)O)c(C(C)C)c(C(C)C)c1[N+](=O)[O-]. The molecule has 0 unspecified atom stereocenters. The van der Waals surface area contributed by atoms with Crippen molar-refractivity contribution < 1.29 is 17.9 Å². The normalized spacial score (nSPS) is 12.5. The summed E-state index contributed by atoms with van der Waals surface area (Å²) in [4.78, 5) is 10.9. The summed E-state index contributed by atoms with van der Waals surface area (Å²) in [6.07, 6.45) is 0. The monoisotopic (exact) mass is 329 g/mol. The molecule has 124 valence electrons. The summed E-state index contributed by atoms with van der Waals surface area (Å²) in [5.74, 6) is -0.745. The van der Waals surface area contributed by atoms with Gasteiger partial charge in [-0.2, -0.15) is 8.42 Å². The molecule has 0 aliphatic carbocycles. The van der Waals surface area contributed by atoms with Gasteiger partial charge in [0.15, 0.2) is 0 Å². The molecule has 0 aliphatic rings. The smallest absolute Gasteiger partial charge is 0.282 e. The first-order chi connectivity index (χ1) is 9.89. The fraction of sp³-hybridized carbons (Fsp3) is 0.600. The molecule has 0 radical (unpaired) electrons. The van der Waals surface area contributed by atoms with Gasteiger partial charge < -0.3 is 0 Å². The Kier molecular flexibility index (Phi) is 5.35. The molecule has 0 spiro atoms. The minimum Gasteiger partial charge on any atom is -0.282 e. The third kappa shape index (κ3) is 3.47. The summed E-state index contributed by atoms with van der Waals surface area (Å²) in [5.41, 5.74) is 0.999. The van der Waals surface area contributed by atoms with Crippen LogP contribution in [-0.4, -0.2) is 17.9 Å². The van der Waals surface area contributed by atoms with E-state index in [4.69, 9.17) is 0 Å². The Hall–Kier alpha value is -1.47. The lowest BCUT2D eigenvalue weighted by Crippen LogP contribution is -2.14. The molecule has 6 nitrogen and oxygen atoms in total. The zero-order chi connectivity index (χ0) is 17.4. The highest BCUT2D eigenvalue weighted by molar-refractivity contribution is 7.85. The van der Waals surface area contributed by atoms with E-state index >= 15 is 0 Å². The van der Waals surface area contributed by atoms with E-state index in [1.54, 1.807) is 41.5 Å². The van der Waals surface area contributed by atoms with Gasteiger partial charge in [-0.1, -0.05) is 41.5 Å². The lowest BCUT2D eigenvalue weighted by atomic mass is 9.85. The van der Waals surface area contributed by atoms with Crippen LogP contribution in [-0.2, 0) is 10.1 Å². The van der Waals surface area contributed by atoms with Crippen LogP contribution in [0.15, 0.2) is 11.0 Å². The van der Waals surface area contributed by atoms with Crippen molar-refractivity contribution >= 4 is 15.8 Å². The van der Waals surface area contributed by atoms with E-state index in [2.05, 4.69) is 0 Å². The second-order valence-corrected chi connectivity index (χ2v) is 7.73. The average molecular weight is 329 g/mol. The van der Waals surface area contributed by atoms with E-state index in [0.29, 0.717) is 16.7 Å². The number of benzene rings is 1. The van der Waals surface area contributed by atoms with E-state index in [0.717, 1.165) is 0 Å². The topological polar surface area (TPSA) is 97.5 Å². The maximum atomic E-state index is 11.8. The molecule has 1 rings (SSSR count). The molecule has 0 saturated carbocycles. The molecule has 0 saturated heterocycles. The number of hydrogen-bond donors (Lipinski definition) is 1. The first-order valence-corrected chi connectivity index (χ1v) is 8.66. The molecule has 0 amide bonds. The van der Waals surface area contributed by atoms with Gasteiger partial charge in [-0.3, -0.25) is 14.7 Å². The van der Waals surface area contributed by atoms with Crippen LogP contribution >= 0.6 is 0 Å². The van der Waals surface area contributed by atoms with Crippen LogP contribution in [0.3, 0.4) is 0 Å². The van der Waals surface area contributed by atoms with Crippen LogP contribution in [0.5, 0.6) is 0 Å². The number of nitrogens with zero attached hydrogens (tertiary/aromatic N) is 1. The van der Waals surface area contributed by atoms with E-state index in [1.807, 2.05) is 0 Å². The average Bonchev–Trinajstić information content (AvgIpc) is 2.34. The van der Waals surface area contributed by atoms with Gasteiger partial charge in [0.1, 0.15) is 0 Å². The lowest BCUT2D eigenvalue weighted by molar-refractivity contribution is -0.386. The van der Waals surface area contributed by atoms with Crippen molar-refractivity contribution in [1.82, 2.24) is 0 Å². The maximum Gasteiger partial charge on any atom is 0.294 e. The third-order valence-electron chi connectivity index (χ3n) is 3.61. The number of nitro groups is 1. The van der Waals surface area contributed by atoms with Gasteiger partial charge in [-0.15, -0.1) is 0 Å². The largest absolute Gasteiger partial charge is 0.294 e. The van der Waals surface area contributed by atoms with E-state index in [1.165, 1.54) is 6.07 Å². The van der Waals surface area contributed by atoms with Gasteiger partial charge in [0.05, 0.1) is 9.82 Å². The van der Waals surface area contributed by atoms with Crippen molar-refractivity contribution in [3.8, 4) is 0 Å². The van der Waals surface area contributed by atoms with Crippen molar-refractivity contribution in [1.29, 1.82) is 0 Å². The molecule has 0 atom stereocenters. The number of hydrogen-bond acceptors (Lipinski definition) is 4. The predicted octanol–water partition coefficient (Wildman–Crippen LogP) is 4.21. The van der Waals surface area contributed by atoms with Crippen molar-refractivity contribution in [2.24, 2.45) is 0 Å². The molecule has 0 fully saturated rings. The molecular weight excluding hydrogens is 306 g/mol. The Balaban J connectivity index is 4.12. The Morgan fingerprint density at radius 3 is 1.73 bits per heavy atom. The summed E-state index contributed by atoms with van der Waals surface area (Å²) in [7, 11) is -4.46. The van der Waals surface area contributed by atoms with Gasteiger partial charge in [0, 0.05) is 11.1 Å². The van der Waals surface area contributed by atoms with Gasteiger partial charge in [-0.05, 0) is 29.4 Å². The highest BCUT2D eigenvalue weighted by atomic mass is 32.2. The van der Waals surface area contributed by atoms with Gasteiger partial charge in [0.2, 0.25) is 0 Å². The summed E-state index contributed by atoms with van der Waals surface area (Å²) in [5, 5.41) is 11.6. The minimum absolute atomic E-state index is 0.0406. The van der Waals surface area contributed by atoms with E-state index < -0.39 is 15.0 Å².